The monoisotopic (exact) mass is 459 g/mol. The highest BCUT2D eigenvalue weighted by Crippen LogP contribution is 2.22. The average Bonchev–Trinajstić information content (AvgIpc) is 2.76. The molecule has 3 rings (SSSR count). The second-order valence-corrected chi connectivity index (χ2v) is 10.5. The lowest BCUT2D eigenvalue weighted by molar-refractivity contribution is -0.0440. The summed E-state index contributed by atoms with van der Waals surface area (Å²) in [6.45, 7) is 5.06. The summed E-state index contributed by atoms with van der Waals surface area (Å²) < 4.78 is 33.3. The van der Waals surface area contributed by atoms with E-state index in [2.05, 4.69) is 22.3 Å². The van der Waals surface area contributed by atoms with Gasteiger partial charge in [-0.1, -0.05) is 42.5 Å². The largest absolute Gasteiger partial charge is 0.373 e. The number of nitrogens with zero attached hydrogens (tertiary/aromatic N) is 2. The smallest absolute Gasteiger partial charge is 0.243 e. The van der Waals surface area contributed by atoms with Crippen molar-refractivity contribution in [3.05, 3.63) is 65.7 Å². The first-order valence-corrected chi connectivity index (χ1v) is 12.3. The van der Waals surface area contributed by atoms with E-state index in [9.17, 15) is 13.2 Å². The third-order valence-electron chi connectivity index (χ3n) is 5.61. The molecular formula is C24H33N3O4S. The highest BCUT2D eigenvalue weighted by Gasteiger charge is 2.32. The van der Waals surface area contributed by atoms with Crippen molar-refractivity contribution in [1.29, 1.82) is 0 Å². The molecule has 3 atom stereocenters. The maximum absolute atomic E-state index is 13.1. The first-order valence-electron chi connectivity index (χ1n) is 10.9. The molecule has 32 heavy (non-hydrogen) atoms. The molecule has 1 aliphatic heterocycles. The van der Waals surface area contributed by atoms with Gasteiger partial charge in [0, 0.05) is 31.2 Å². The summed E-state index contributed by atoms with van der Waals surface area (Å²) in [5.41, 5.74) is 1.55. The minimum Gasteiger partial charge on any atom is -0.373 e. The van der Waals surface area contributed by atoms with Crippen molar-refractivity contribution >= 4 is 15.8 Å². The number of carbonyl (C=O) groups excluding carboxylic acids is 1. The number of benzene rings is 2. The van der Waals surface area contributed by atoms with Crippen LogP contribution in [0.15, 0.2) is 59.5 Å². The molecule has 2 aromatic carbocycles. The zero-order chi connectivity index (χ0) is 23.3. The average molecular weight is 460 g/mol. The van der Waals surface area contributed by atoms with Crippen LogP contribution < -0.4 is 5.32 Å². The van der Waals surface area contributed by atoms with E-state index in [0.29, 0.717) is 25.2 Å². The van der Waals surface area contributed by atoms with Crippen LogP contribution in [0.1, 0.15) is 35.8 Å². The standard InChI is InChI=1S/C24H33N3O4S/c1-18-16-27(17-19(2)31-18)32(29,30)22-12-8-11-21(13-22)24(28)15-25-14-23(26(3)4)20-9-6-5-7-10-20/h5-13,18-19,23,25H,14-17H2,1-4H3. The number of hydrogen-bond donors (Lipinski definition) is 1. The normalized spacial score (nSPS) is 20.9. The fourth-order valence-corrected chi connectivity index (χ4v) is 5.64. The van der Waals surface area contributed by atoms with Gasteiger partial charge < -0.3 is 15.0 Å². The van der Waals surface area contributed by atoms with Gasteiger partial charge in [0.15, 0.2) is 5.78 Å². The number of hydrogen-bond acceptors (Lipinski definition) is 6. The van der Waals surface area contributed by atoms with Crippen LogP contribution in [0.4, 0.5) is 0 Å². The summed E-state index contributed by atoms with van der Waals surface area (Å²) in [4.78, 5) is 15.0. The summed E-state index contributed by atoms with van der Waals surface area (Å²) in [6, 6.07) is 16.5. The van der Waals surface area contributed by atoms with Crippen molar-refractivity contribution in [2.45, 2.75) is 37.0 Å². The van der Waals surface area contributed by atoms with E-state index in [1.807, 2.05) is 46.1 Å². The van der Waals surface area contributed by atoms with E-state index in [4.69, 9.17) is 4.74 Å². The Morgan fingerprint density at radius 1 is 1.09 bits per heavy atom. The van der Waals surface area contributed by atoms with E-state index in [1.165, 1.54) is 15.9 Å². The molecule has 1 aliphatic rings. The number of ether oxygens (including phenoxy) is 1. The Hall–Kier alpha value is -2.10. The maximum Gasteiger partial charge on any atom is 0.243 e. The van der Waals surface area contributed by atoms with E-state index in [0.717, 1.165) is 0 Å². The number of Topliss-reactive ketones (excluding diaryl/α,β-unsaturated/α-hetero) is 1. The molecule has 1 fully saturated rings. The van der Waals surface area contributed by atoms with Gasteiger partial charge in [-0.3, -0.25) is 4.79 Å². The van der Waals surface area contributed by atoms with Crippen LogP contribution in [-0.2, 0) is 14.8 Å². The van der Waals surface area contributed by atoms with Crippen LogP contribution in [0, 0.1) is 0 Å². The summed E-state index contributed by atoms with van der Waals surface area (Å²) >= 11 is 0. The number of morpholine rings is 1. The van der Waals surface area contributed by atoms with Gasteiger partial charge in [0.25, 0.3) is 0 Å². The zero-order valence-electron chi connectivity index (χ0n) is 19.2. The summed E-state index contributed by atoms with van der Waals surface area (Å²) in [6.07, 6.45) is -0.339. The molecule has 0 radical (unpaired) electrons. The van der Waals surface area contributed by atoms with E-state index >= 15 is 0 Å². The Kier molecular flexibility index (Phi) is 8.19. The van der Waals surface area contributed by atoms with Gasteiger partial charge in [0.2, 0.25) is 10.0 Å². The topological polar surface area (TPSA) is 79.0 Å². The number of nitrogens with one attached hydrogen (secondary N) is 1. The van der Waals surface area contributed by atoms with Crippen molar-refractivity contribution in [1.82, 2.24) is 14.5 Å². The number of carbonyl (C=O) groups is 1. The van der Waals surface area contributed by atoms with Crippen LogP contribution in [-0.4, -0.2) is 75.9 Å². The van der Waals surface area contributed by atoms with Crippen molar-refractivity contribution < 1.29 is 17.9 Å². The quantitative estimate of drug-likeness (QED) is 0.581. The molecule has 8 heteroatoms. The number of ketones is 1. The molecule has 0 aromatic heterocycles. The molecule has 0 saturated carbocycles. The Labute approximate surface area is 191 Å². The number of likely N-dealkylation sites (N-methyl/N-ethyl adjacent to an activating group) is 1. The zero-order valence-corrected chi connectivity index (χ0v) is 20.0. The first-order chi connectivity index (χ1) is 15.2. The molecule has 0 bridgehead atoms. The minimum absolute atomic E-state index is 0.126. The molecule has 7 nitrogen and oxygen atoms in total. The molecule has 0 spiro atoms. The molecule has 0 aliphatic carbocycles. The second kappa shape index (κ2) is 10.7. The fourth-order valence-electron chi connectivity index (χ4n) is 4.00. The summed E-state index contributed by atoms with van der Waals surface area (Å²) in [5, 5.41) is 3.23. The minimum atomic E-state index is -3.69. The fraction of sp³-hybridized carbons (Fsp3) is 0.458. The molecule has 1 saturated heterocycles. The van der Waals surface area contributed by atoms with Gasteiger partial charge in [0.05, 0.1) is 23.6 Å². The van der Waals surface area contributed by atoms with Crippen LogP contribution in [0.2, 0.25) is 0 Å². The lowest BCUT2D eigenvalue weighted by Crippen LogP contribution is -2.48. The predicted molar refractivity (Wildman–Crippen MR) is 125 cm³/mol. The summed E-state index contributed by atoms with van der Waals surface area (Å²) in [7, 11) is 0.315. The number of sulfonamides is 1. The van der Waals surface area contributed by atoms with Crippen LogP contribution in [0.3, 0.4) is 0 Å². The second-order valence-electron chi connectivity index (χ2n) is 8.55. The molecule has 3 unspecified atom stereocenters. The lowest BCUT2D eigenvalue weighted by Gasteiger charge is -2.34. The highest BCUT2D eigenvalue weighted by molar-refractivity contribution is 7.89. The molecular weight excluding hydrogens is 426 g/mol. The van der Waals surface area contributed by atoms with Gasteiger partial charge in [-0.2, -0.15) is 4.31 Å². The van der Waals surface area contributed by atoms with Gasteiger partial charge in [-0.15, -0.1) is 0 Å². The molecule has 1 N–H and O–H groups in total. The van der Waals surface area contributed by atoms with Crippen molar-refractivity contribution in [2.75, 3.05) is 40.3 Å². The Bertz CT molecular complexity index is 1000. The molecule has 174 valence electrons. The van der Waals surface area contributed by atoms with Crippen molar-refractivity contribution in [3.8, 4) is 0 Å². The van der Waals surface area contributed by atoms with Gasteiger partial charge >= 0.3 is 0 Å². The van der Waals surface area contributed by atoms with Crippen LogP contribution in [0.25, 0.3) is 0 Å². The first kappa shape index (κ1) is 24.5. The highest BCUT2D eigenvalue weighted by atomic mass is 32.2. The van der Waals surface area contributed by atoms with Gasteiger partial charge in [-0.25, -0.2) is 8.42 Å². The predicted octanol–water partition coefficient (Wildman–Crippen LogP) is 2.56. The third kappa shape index (κ3) is 6.02. The van der Waals surface area contributed by atoms with E-state index in [1.54, 1.807) is 18.2 Å². The van der Waals surface area contributed by atoms with E-state index in [-0.39, 0.29) is 35.5 Å². The Morgan fingerprint density at radius 2 is 1.75 bits per heavy atom. The van der Waals surface area contributed by atoms with Crippen molar-refractivity contribution in [2.24, 2.45) is 0 Å². The SMILES string of the molecule is CC1CN(S(=O)(=O)c2cccc(C(=O)CNCC(c3ccccc3)N(C)C)c2)CC(C)O1. The van der Waals surface area contributed by atoms with E-state index < -0.39 is 10.0 Å². The third-order valence-corrected chi connectivity index (χ3v) is 7.44. The Morgan fingerprint density at radius 3 is 2.38 bits per heavy atom. The van der Waals surface area contributed by atoms with Crippen LogP contribution >= 0.6 is 0 Å². The maximum atomic E-state index is 13.1. The van der Waals surface area contributed by atoms with Gasteiger partial charge in [-0.05, 0) is 45.6 Å². The molecule has 1 heterocycles. The van der Waals surface area contributed by atoms with Crippen molar-refractivity contribution in [3.63, 3.8) is 0 Å². The van der Waals surface area contributed by atoms with Gasteiger partial charge in [0.1, 0.15) is 0 Å². The lowest BCUT2D eigenvalue weighted by atomic mass is 10.1. The molecule has 2 aromatic rings. The van der Waals surface area contributed by atoms with Crippen LogP contribution in [0.5, 0.6) is 0 Å². The summed E-state index contributed by atoms with van der Waals surface area (Å²) in [5.74, 6) is -0.142. The number of rotatable bonds is 9. The molecule has 0 amide bonds. The Balaban J connectivity index is 1.66.